The molecule has 7 nitrogen and oxygen atoms in total. The van der Waals surface area contributed by atoms with Crippen LogP contribution in [0.25, 0.3) is 0 Å². The maximum atomic E-state index is 12.5. The van der Waals surface area contributed by atoms with E-state index in [2.05, 4.69) is 6.58 Å². The molecule has 0 saturated carbocycles. The Kier molecular flexibility index (Phi) is 8.40. The molecule has 3 aromatic rings. The van der Waals surface area contributed by atoms with Crippen molar-refractivity contribution >= 4 is 17.9 Å². The lowest BCUT2D eigenvalue weighted by Gasteiger charge is -2.10. The van der Waals surface area contributed by atoms with Gasteiger partial charge in [-0.25, -0.2) is 14.4 Å². The van der Waals surface area contributed by atoms with Crippen LogP contribution in [-0.2, 0) is 9.53 Å². The second-order valence-electron chi connectivity index (χ2n) is 7.86. The van der Waals surface area contributed by atoms with Gasteiger partial charge in [-0.2, -0.15) is 0 Å². The van der Waals surface area contributed by atoms with Crippen LogP contribution < -0.4 is 14.2 Å². The zero-order valence-corrected chi connectivity index (χ0v) is 19.8. The van der Waals surface area contributed by atoms with Gasteiger partial charge in [-0.3, -0.25) is 0 Å². The number of ether oxygens (including phenoxy) is 4. The third-order valence-electron chi connectivity index (χ3n) is 4.87. The lowest BCUT2D eigenvalue weighted by atomic mass is 10.1. The lowest BCUT2D eigenvalue weighted by Crippen LogP contribution is -2.12. The van der Waals surface area contributed by atoms with Crippen molar-refractivity contribution in [2.75, 3.05) is 13.2 Å². The van der Waals surface area contributed by atoms with Gasteiger partial charge in [0.25, 0.3) is 0 Å². The third kappa shape index (κ3) is 7.30. The molecule has 0 amide bonds. The molecule has 0 fully saturated rings. The van der Waals surface area contributed by atoms with Gasteiger partial charge in [0.05, 0.1) is 11.1 Å². The van der Waals surface area contributed by atoms with E-state index >= 15 is 0 Å². The Morgan fingerprint density at radius 2 is 1.31 bits per heavy atom. The van der Waals surface area contributed by atoms with Gasteiger partial charge in [0.15, 0.2) is 0 Å². The number of benzene rings is 3. The fourth-order valence-electron chi connectivity index (χ4n) is 2.92. The van der Waals surface area contributed by atoms with Crippen LogP contribution in [0.3, 0.4) is 0 Å². The smallest absolute Gasteiger partial charge is 0.343 e. The van der Waals surface area contributed by atoms with Crippen molar-refractivity contribution in [3.63, 3.8) is 0 Å². The summed E-state index contributed by atoms with van der Waals surface area (Å²) < 4.78 is 21.4. The third-order valence-corrected chi connectivity index (χ3v) is 4.87. The van der Waals surface area contributed by atoms with Crippen LogP contribution in [0, 0.1) is 13.8 Å². The van der Waals surface area contributed by atoms with Gasteiger partial charge in [-0.1, -0.05) is 24.3 Å². The molecule has 0 spiro atoms. The molecule has 0 aliphatic rings. The monoisotopic (exact) mass is 474 g/mol. The maximum absolute atomic E-state index is 12.5. The second-order valence-corrected chi connectivity index (χ2v) is 7.86. The molecule has 0 N–H and O–H groups in total. The number of carbonyl (C=O) groups is 3. The van der Waals surface area contributed by atoms with Crippen molar-refractivity contribution in [2.45, 2.75) is 20.8 Å². The van der Waals surface area contributed by atoms with Crippen LogP contribution in [0.1, 0.15) is 38.8 Å². The average molecular weight is 475 g/mol. The molecule has 0 unspecified atom stereocenters. The largest absolute Gasteiger partial charge is 0.490 e. The summed E-state index contributed by atoms with van der Waals surface area (Å²) in [5.74, 6) is -0.263. The lowest BCUT2D eigenvalue weighted by molar-refractivity contribution is -0.139. The van der Waals surface area contributed by atoms with E-state index in [-0.39, 0.29) is 13.2 Å². The topological polar surface area (TPSA) is 88.1 Å². The molecule has 0 bridgehead atoms. The molecule has 35 heavy (non-hydrogen) atoms. The van der Waals surface area contributed by atoms with Crippen LogP contribution in [0.4, 0.5) is 0 Å². The number of hydrogen-bond donors (Lipinski definition) is 0. The standard InChI is InChI=1S/C28H26O7/c1-18(2)26(29)33-16-15-32-23-11-9-22(10-12-23)27(30)34-24-13-14-25(20(4)17-24)35-28(31)21-7-5-19(3)6-8-21/h5-14,17H,1,15-16H2,2-4H3. The highest BCUT2D eigenvalue weighted by molar-refractivity contribution is 5.92. The minimum atomic E-state index is -0.546. The van der Waals surface area contributed by atoms with Gasteiger partial charge < -0.3 is 18.9 Å². The summed E-state index contributed by atoms with van der Waals surface area (Å²) >= 11 is 0. The first-order valence-electron chi connectivity index (χ1n) is 10.9. The summed E-state index contributed by atoms with van der Waals surface area (Å²) in [5, 5.41) is 0. The van der Waals surface area contributed by atoms with Gasteiger partial charge >= 0.3 is 17.9 Å². The van der Waals surface area contributed by atoms with E-state index in [1.165, 1.54) is 0 Å². The summed E-state index contributed by atoms with van der Waals surface area (Å²) in [7, 11) is 0. The molecule has 0 aliphatic carbocycles. The van der Waals surface area contributed by atoms with E-state index in [0.717, 1.165) is 5.56 Å². The van der Waals surface area contributed by atoms with Crippen LogP contribution in [-0.4, -0.2) is 31.1 Å². The van der Waals surface area contributed by atoms with Gasteiger partial charge in [-0.15, -0.1) is 0 Å². The molecule has 0 aliphatic heterocycles. The summed E-state index contributed by atoms with van der Waals surface area (Å²) in [6, 6.07) is 18.2. The van der Waals surface area contributed by atoms with E-state index in [1.807, 2.05) is 19.1 Å². The number of esters is 3. The molecule has 0 aromatic heterocycles. The molecular formula is C28H26O7. The Labute approximate surface area is 203 Å². The highest BCUT2D eigenvalue weighted by Gasteiger charge is 2.13. The van der Waals surface area contributed by atoms with Crippen molar-refractivity contribution in [1.82, 2.24) is 0 Å². The Morgan fingerprint density at radius 1 is 0.743 bits per heavy atom. The zero-order chi connectivity index (χ0) is 25.4. The quantitative estimate of drug-likeness (QED) is 0.181. The zero-order valence-electron chi connectivity index (χ0n) is 19.8. The minimum Gasteiger partial charge on any atom is -0.490 e. The first-order chi connectivity index (χ1) is 16.7. The predicted molar refractivity (Wildman–Crippen MR) is 130 cm³/mol. The molecule has 0 saturated heterocycles. The fourth-order valence-corrected chi connectivity index (χ4v) is 2.92. The molecule has 7 heteroatoms. The Bertz CT molecular complexity index is 1230. The van der Waals surface area contributed by atoms with E-state index in [0.29, 0.717) is 39.5 Å². The second kappa shape index (κ2) is 11.7. The highest BCUT2D eigenvalue weighted by atomic mass is 16.6. The van der Waals surface area contributed by atoms with Crippen LogP contribution >= 0.6 is 0 Å². The maximum Gasteiger partial charge on any atom is 0.343 e. The Hall–Kier alpha value is -4.39. The van der Waals surface area contributed by atoms with E-state index in [9.17, 15) is 14.4 Å². The van der Waals surface area contributed by atoms with Crippen molar-refractivity contribution in [3.05, 3.63) is 101 Å². The fraction of sp³-hybridized carbons (Fsp3) is 0.179. The molecular weight excluding hydrogens is 448 g/mol. The molecule has 3 rings (SSSR count). The first-order valence-corrected chi connectivity index (χ1v) is 10.9. The van der Waals surface area contributed by atoms with Crippen LogP contribution in [0.15, 0.2) is 78.9 Å². The molecule has 180 valence electrons. The Morgan fingerprint density at radius 3 is 1.91 bits per heavy atom. The number of hydrogen-bond acceptors (Lipinski definition) is 7. The van der Waals surface area contributed by atoms with Gasteiger partial charge in [0, 0.05) is 5.57 Å². The average Bonchev–Trinajstić information content (AvgIpc) is 2.84. The normalized spacial score (nSPS) is 10.3. The van der Waals surface area contributed by atoms with E-state index in [4.69, 9.17) is 18.9 Å². The molecule has 0 atom stereocenters. The van der Waals surface area contributed by atoms with Crippen molar-refractivity contribution in [3.8, 4) is 17.2 Å². The van der Waals surface area contributed by atoms with Crippen molar-refractivity contribution < 1.29 is 33.3 Å². The SMILES string of the molecule is C=C(C)C(=O)OCCOc1ccc(C(=O)Oc2ccc(OC(=O)c3ccc(C)cc3)c(C)c2)cc1. The number of aryl methyl sites for hydroxylation is 2. The number of rotatable bonds is 9. The van der Waals surface area contributed by atoms with Crippen molar-refractivity contribution in [1.29, 1.82) is 0 Å². The van der Waals surface area contributed by atoms with Gasteiger partial charge in [-0.05, 0) is 80.9 Å². The van der Waals surface area contributed by atoms with Crippen LogP contribution in [0.2, 0.25) is 0 Å². The van der Waals surface area contributed by atoms with Gasteiger partial charge in [0.1, 0.15) is 30.5 Å². The molecule has 0 heterocycles. The predicted octanol–water partition coefficient (Wildman–Crippen LogP) is 5.24. The molecule has 0 radical (unpaired) electrons. The van der Waals surface area contributed by atoms with Crippen LogP contribution in [0.5, 0.6) is 17.2 Å². The summed E-state index contributed by atoms with van der Waals surface area (Å²) in [5.41, 5.74) is 2.80. The Balaban J connectivity index is 1.53. The first kappa shape index (κ1) is 25.2. The van der Waals surface area contributed by atoms with Crippen molar-refractivity contribution in [2.24, 2.45) is 0 Å². The van der Waals surface area contributed by atoms with E-state index in [1.54, 1.807) is 68.4 Å². The molecule has 3 aromatic carbocycles. The minimum absolute atomic E-state index is 0.0885. The summed E-state index contributed by atoms with van der Waals surface area (Å²) in [6.07, 6.45) is 0. The number of carbonyl (C=O) groups excluding carboxylic acids is 3. The van der Waals surface area contributed by atoms with Gasteiger partial charge in [0.2, 0.25) is 0 Å². The summed E-state index contributed by atoms with van der Waals surface area (Å²) in [4.78, 5) is 36.2. The summed E-state index contributed by atoms with van der Waals surface area (Å²) in [6.45, 7) is 9.03. The highest BCUT2D eigenvalue weighted by Crippen LogP contribution is 2.25. The van der Waals surface area contributed by atoms with E-state index < -0.39 is 17.9 Å².